The number of carbonyl (C=O) groups excluding carboxylic acids is 1. The Bertz CT molecular complexity index is 318. The molecule has 0 atom stereocenters. The molecular weight excluding hydrogens is 250 g/mol. The van der Waals surface area contributed by atoms with Gasteiger partial charge in [-0.15, -0.1) is 0 Å². The molecule has 2 N–H and O–H groups in total. The third kappa shape index (κ3) is 3.95. The lowest BCUT2D eigenvalue weighted by Crippen LogP contribution is -2.49. The van der Waals surface area contributed by atoms with E-state index in [2.05, 4.69) is 11.8 Å². The summed E-state index contributed by atoms with van der Waals surface area (Å²) in [6.07, 6.45) is 8.38. The molecule has 4 nitrogen and oxygen atoms in total. The number of hydrogen-bond acceptors (Lipinski definition) is 3. The standard InChI is InChI=1S/C16H31N3O/c1-3-10-19-11-6-14(7-12-19)18(2)15(20)13-16(17)8-4-5-9-16/h14H,3-13,17H2,1-2H3. The van der Waals surface area contributed by atoms with Crippen molar-refractivity contribution in [1.29, 1.82) is 0 Å². The highest BCUT2D eigenvalue weighted by atomic mass is 16.2. The van der Waals surface area contributed by atoms with Gasteiger partial charge in [0.25, 0.3) is 0 Å². The van der Waals surface area contributed by atoms with Crippen LogP contribution >= 0.6 is 0 Å². The number of nitrogens with two attached hydrogens (primary N) is 1. The van der Waals surface area contributed by atoms with Crippen LogP contribution in [-0.4, -0.2) is 54.0 Å². The van der Waals surface area contributed by atoms with Crippen LogP contribution in [0.3, 0.4) is 0 Å². The highest BCUT2D eigenvalue weighted by Crippen LogP contribution is 2.31. The average molecular weight is 281 g/mol. The molecule has 1 heterocycles. The van der Waals surface area contributed by atoms with Crippen molar-refractivity contribution in [3.05, 3.63) is 0 Å². The van der Waals surface area contributed by atoms with Crippen LogP contribution in [0.5, 0.6) is 0 Å². The first-order chi connectivity index (χ1) is 9.54. The molecule has 1 amide bonds. The summed E-state index contributed by atoms with van der Waals surface area (Å²) in [5.41, 5.74) is 6.12. The molecule has 0 bridgehead atoms. The maximum Gasteiger partial charge on any atom is 0.224 e. The van der Waals surface area contributed by atoms with E-state index < -0.39 is 0 Å². The molecule has 0 unspecified atom stereocenters. The summed E-state index contributed by atoms with van der Waals surface area (Å²) in [7, 11) is 1.97. The van der Waals surface area contributed by atoms with Gasteiger partial charge in [-0.25, -0.2) is 0 Å². The zero-order valence-electron chi connectivity index (χ0n) is 13.2. The summed E-state index contributed by atoms with van der Waals surface area (Å²) in [5.74, 6) is 0.253. The molecule has 1 saturated heterocycles. The van der Waals surface area contributed by atoms with E-state index in [1.165, 1.54) is 25.8 Å². The highest BCUT2D eigenvalue weighted by Gasteiger charge is 2.34. The lowest BCUT2D eigenvalue weighted by atomic mass is 9.93. The Morgan fingerprint density at radius 3 is 2.45 bits per heavy atom. The minimum atomic E-state index is -0.214. The minimum absolute atomic E-state index is 0.214. The molecule has 0 aromatic rings. The van der Waals surface area contributed by atoms with Crippen molar-refractivity contribution in [3.8, 4) is 0 Å². The molecule has 0 spiro atoms. The second kappa shape index (κ2) is 6.90. The first kappa shape index (κ1) is 15.8. The normalized spacial score (nSPS) is 23.9. The number of piperidine rings is 1. The predicted octanol–water partition coefficient (Wildman–Crippen LogP) is 1.98. The Morgan fingerprint density at radius 1 is 1.30 bits per heavy atom. The first-order valence-electron chi connectivity index (χ1n) is 8.31. The second-order valence-electron chi connectivity index (χ2n) is 6.82. The quantitative estimate of drug-likeness (QED) is 0.838. The third-order valence-corrected chi connectivity index (χ3v) is 5.14. The van der Waals surface area contributed by atoms with Crippen molar-refractivity contribution >= 4 is 5.91 Å². The zero-order chi connectivity index (χ0) is 14.6. The summed E-state index contributed by atoms with van der Waals surface area (Å²) < 4.78 is 0. The average Bonchev–Trinajstić information content (AvgIpc) is 2.85. The van der Waals surface area contributed by atoms with Crippen molar-refractivity contribution in [2.45, 2.75) is 69.9 Å². The van der Waals surface area contributed by atoms with Crippen LogP contribution in [0.4, 0.5) is 0 Å². The Labute approximate surface area is 123 Å². The summed E-state index contributed by atoms with van der Waals surface area (Å²) in [5, 5.41) is 0. The lowest BCUT2D eigenvalue weighted by Gasteiger charge is -2.37. The Morgan fingerprint density at radius 2 is 1.90 bits per heavy atom. The van der Waals surface area contributed by atoms with Crippen LogP contribution in [-0.2, 0) is 4.79 Å². The fourth-order valence-electron chi connectivity index (χ4n) is 3.73. The van der Waals surface area contributed by atoms with Crippen molar-refractivity contribution in [2.24, 2.45) is 5.73 Å². The molecule has 116 valence electrons. The highest BCUT2D eigenvalue weighted by molar-refractivity contribution is 5.77. The summed E-state index contributed by atoms with van der Waals surface area (Å²) >= 11 is 0. The van der Waals surface area contributed by atoms with Gasteiger partial charge >= 0.3 is 0 Å². The van der Waals surface area contributed by atoms with Gasteiger partial charge in [-0.1, -0.05) is 19.8 Å². The number of nitrogens with zero attached hydrogens (tertiary/aromatic N) is 2. The van der Waals surface area contributed by atoms with Gasteiger partial charge in [0, 0.05) is 38.1 Å². The summed E-state index contributed by atoms with van der Waals surface area (Å²) in [6, 6.07) is 0.417. The Kier molecular flexibility index (Phi) is 5.44. The van der Waals surface area contributed by atoms with Crippen LogP contribution in [0, 0.1) is 0 Å². The largest absolute Gasteiger partial charge is 0.343 e. The van der Waals surface area contributed by atoms with E-state index in [1.807, 2.05) is 11.9 Å². The van der Waals surface area contributed by atoms with Crippen molar-refractivity contribution < 1.29 is 4.79 Å². The van der Waals surface area contributed by atoms with E-state index in [-0.39, 0.29) is 11.4 Å². The van der Waals surface area contributed by atoms with Crippen LogP contribution < -0.4 is 5.73 Å². The van der Waals surface area contributed by atoms with Gasteiger partial charge in [0.15, 0.2) is 0 Å². The monoisotopic (exact) mass is 281 g/mol. The lowest BCUT2D eigenvalue weighted by molar-refractivity contribution is -0.134. The van der Waals surface area contributed by atoms with E-state index in [9.17, 15) is 4.79 Å². The molecule has 2 aliphatic rings. The molecule has 20 heavy (non-hydrogen) atoms. The maximum atomic E-state index is 12.4. The van der Waals surface area contributed by atoms with Crippen molar-refractivity contribution in [2.75, 3.05) is 26.7 Å². The Balaban J connectivity index is 1.79. The minimum Gasteiger partial charge on any atom is -0.343 e. The van der Waals surface area contributed by atoms with E-state index >= 15 is 0 Å². The fourth-order valence-corrected chi connectivity index (χ4v) is 3.73. The SMILES string of the molecule is CCCN1CCC(N(C)C(=O)CC2(N)CCCC2)CC1. The van der Waals surface area contributed by atoms with Gasteiger partial charge in [-0.3, -0.25) is 4.79 Å². The van der Waals surface area contributed by atoms with Crippen LogP contribution in [0.2, 0.25) is 0 Å². The van der Waals surface area contributed by atoms with Crippen LogP contribution in [0.25, 0.3) is 0 Å². The van der Waals surface area contributed by atoms with Gasteiger partial charge in [0.2, 0.25) is 5.91 Å². The zero-order valence-corrected chi connectivity index (χ0v) is 13.2. The van der Waals surface area contributed by atoms with Gasteiger partial charge in [0.1, 0.15) is 0 Å². The predicted molar refractivity (Wildman–Crippen MR) is 82.5 cm³/mol. The number of carbonyl (C=O) groups is 1. The number of amides is 1. The number of hydrogen-bond donors (Lipinski definition) is 1. The molecule has 1 aliphatic carbocycles. The molecule has 0 aromatic carbocycles. The molecule has 0 aromatic heterocycles. The fraction of sp³-hybridized carbons (Fsp3) is 0.938. The maximum absolute atomic E-state index is 12.4. The molecule has 1 saturated carbocycles. The van der Waals surface area contributed by atoms with Gasteiger partial charge in [-0.05, 0) is 38.6 Å². The van der Waals surface area contributed by atoms with E-state index in [4.69, 9.17) is 5.73 Å². The molecular formula is C16H31N3O. The number of rotatable bonds is 5. The molecule has 4 heteroatoms. The van der Waals surface area contributed by atoms with Crippen molar-refractivity contribution in [3.63, 3.8) is 0 Å². The van der Waals surface area contributed by atoms with Crippen LogP contribution in [0.15, 0.2) is 0 Å². The summed E-state index contributed by atoms with van der Waals surface area (Å²) in [4.78, 5) is 16.9. The second-order valence-corrected chi connectivity index (χ2v) is 6.82. The molecule has 2 fully saturated rings. The number of likely N-dealkylation sites (tertiary alicyclic amines) is 1. The van der Waals surface area contributed by atoms with Gasteiger partial charge < -0.3 is 15.5 Å². The third-order valence-electron chi connectivity index (χ3n) is 5.14. The molecule has 1 aliphatic heterocycles. The molecule has 0 radical (unpaired) electrons. The Hall–Kier alpha value is -0.610. The van der Waals surface area contributed by atoms with E-state index in [1.54, 1.807) is 0 Å². The van der Waals surface area contributed by atoms with Gasteiger partial charge in [0.05, 0.1) is 0 Å². The van der Waals surface area contributed by atoms with E-state index in [0.717, 1.165) is 38.8 Å². The van der Waals surface area contributed by atoms with E-state index in [0.29, 0.717) is 12.5 Å². The smallest absolute Gasteiger partial charge is 0.224 e. The summed E-state index contributed by atoms with van der Waals surface area (Å²) in [6.45, 7) is 5.67. The topological polar surface area (TPSA) is 49.6 Å². The van der Waals surface area contributed by atoms with Crippen molar-refractivity contribution in [1.82, 2.24) is 9.80 Å². The first-order valence-corrected chi connectivity index (χ1v) is 8.31. The van der Waals surface area contributed by atoms with Crippen LogP contribution in [0.1, 0.15) is 58.3 Å². The van der Waals surface area contributed by atoms with Gasteiger partial charge in [-0.2, -0.15) is 0 Å². The molecule has 2 rings (SSSR count).